The van der Waals surface area contributed by atoms with E-state index in [4.69, 9.17) is 9.47 Å². The summed E-state index contributed by atoms with van der Waals surface area (Å²) in [5.74, 6) is 1.91. The number of ketones is 1. The number of carbonyl (C=O) groups is 1. The van der Waals surface area contributed by atoms with Gasteiger partial charge >= 0.3 is 5.69 Å². The van der Waals surface area contributed by atoms with Crippen molar-refractivity contribution in [1.29, 1.82) is 0 Å². The summed E-state index contributed by atoms with van der Waals surface area (Å²) in [4.78, 5) is 40.8. The molecular formula is C23H21N5O5S. The summed E-state index contributed by atoms with van der Waals surface area (Å²) in [6.07, 6.45) is 0.158. The zero-order valence-electron chi connectivity index (χ0n) is 18.4. The number of H-pyrrole nitrogens is 2. The van der Waals surface area contributed by atoms with Crippen molar-refractivity contribution >= 4 is 17.5 Å². The lowest BCUT2D eigenvalue weighted by molar-refractivity contribution is 0.102. The van der Waals surface area contributed by atoms with Gasteiger partial charge in [-0.25, -0.2) is 4.79 Å². The molecule has 0 fully saturated rings. The minimum absolute atomic E-state index is 0.0718. The largest absolute Gasteiger partial charge is 0.497 e. The van der Waals surface area contributed by atoms with Crippen LogP contribution in [0.5, 0.6) is 11.5 Å². The number of rotatable bonds is 9. The van der Waals surface area contributed by atoms with Gasteiger partial charge in [0.05, 0.1) is 20.0 Å². The molecule has 0 unspecified atom stereocenters. The molecule has 34 heavy (non-hydrogen) atoms. The fourth-order valence-corrected chi connectivity index (χ4v) is 4.14. The normalized spacial score (nSPS) is 10.8. The molecule has 2 N–H and O–H groups in total. The van der Waals surface area contributed by atoms with Crippen LogP contribution < -0.4 is 20.7 Å². The van der Waals surface area contributed by atoms with Crippen molar-refractivity contribution in [2.24, 2.45) is 0 Å². The molecule has 10 nitrogen and oxygen atoms in total. The van der Waals surface area contributed by atoms with Gasteiger partial charge in [-0.2, -0.15) is 0 Å². The first-order valence-electron chi connectivity index (χ1n) is 10.2. The highest BCUT2D eigenvalue weighted by Gasteiger charge is 2.18. The number of carbonyl (C=O) groups excluding carboxylic acids is 1. The number of methoxy groups -OCH3 is 2. The molecule has 11 heteroatoms. The third-order valence-corrected chi connectivity index (χ3v) is 5.87. The number of nitrogens with zero attached hydrogens (tertiary/aromatic N) is 3. The lowest BCUT2D eigenvalue weighted by atomic mass is 10.1. The van der Waals surface area contributed by atoms with Crippen LogP contribution in [0.25, 0.3) is 5.69 Å². The molecule has 174 valence electrons. The lowest BCUT2D eigenvalue weighted by Gasteiger charge is -2.11. The van der Waals surface area contributed by atoms with Crippen LogP contribution in [0.15, 0.2) is 69.3 Å². The molecule has 0 saturated heterocycles. The van der Waals surface area contributed by atoms with Crippen LogP contribution in [0, 0.1) is 0 Å². The standard InChI is InChI=1S/C23H21N5O5S/c1-32-17-7-3-14(4-8-17)19(29)13-34-23-27-26-20(11-15-12-21(30)25-22(31)24-15)28(23)16-5-9-18(33-2)10-6-16/h3-10,12H,11,13H2,1-2H3,(H2,24,25,30,31). The Balaban J connectivity index is 1.63. The number of aromatic amines is 2. The Kier molecular flexibility index (Phi) is 6.93. The number of hydrogen-bond donors (Lipinski definition) is 2. The first-order valence-corrected chi connectivity index (χ1v) is 11.2. The van der Waals surface area contributed by atoms with Crippen LogP contribution in [-0.2, 0) is 6.42 Å². The van der Waals surface area contributed by atoms with E-state index in [1.165, 1.54) is 17.8 Å². The molecule has 2 heterocycles. The third kappa shape index (κ3) is 5.26. The van der Waals surface area contributed by atoms with E-state index in [0.29, 0.717) is 33.7 Å². The van der Waals surface area contributed by atoms with Gasteiger partial charge in [-0.3, -0.25) is 19.1 Å². The van der Waals surface area contributed by atoms with Gasteiger partial charge < -0.3 is 14.5 Å². The third-order valence-electron chi connectivity index (χ3n) is 4.94. The van der Waals surface area contributed by atoms with Gasteiger partial charge in [-0.05, 0) is 48.5 Å². The van der Waals surface area contributed by atoms with Gasteiger partial charge in [-0.1, -0.05) is 11.8 Å². The van der Waals surface area contributed by atoms with E-state index in [-0.39, 0.29) is 18.0 Å². The Hall–Kier alpha value is -4.12. The molecule has 0 aliphatic heterocycles. The summed E-state index contributed by atoms with van der Waals surface area (Å²) < 4.78 is 12.2. The van der Waals surface area contributed by atoms with Crippen molar-refractivity contribution in [1.82, 2.24) is 24.7 Å². The maximum absolute atomic E-state index is 12.7. The second-order valence-electron chi connectivity index (χ2n) is 7.16. The van der Waals surface area contributed by atoms with Crippen LogP contribution in [0.4, 0.5) is 0 Å². The zero-order valence-corrected chi connectivity index (χ0v) is 19.2. The van der Waals surface area contributed by atoms with Crippen molar-refractivity contribution in [2.45, 2.75) is 11.6 Å². The van der Waals surface area contributed by atoms with Gasteiger partial charge in [0.25, 0.3) is 5.56 Å². The van der Waals surface area contributed by atoms with Crippen LogP contribution in [0.3, 0.4) is 0 Å². The molecule has 0 spiro atoms. The van der Waals surface area contributed by atoms with Crippen molar-refractivity contribution < 1.29 is 14.3 Å². The Morgan fingerprint density at radius 2 is 1.59 bits per heavy atom. The average Bonchev–Trinajstić information content (AvgIpc) is 3.24. The van der Waals surface area contributed by atoms with E-state index in [9.17, 15) is 14.4 Å². The fourth-order valence-electron chi connectivity index (χ4n) is 3.27. The molecule has 0 bridgehead atoms. The van der Waals surface area contributed by atoms with Crippen LogP contribution >= 0.6 is 11.8 Å². The second-order valence-corrected chi connectivity index (χ2v) is 8.10. The van der Waals surface area contributed by atoms with Crippen molar-refractivity contribution in [3.8, 4) is 17.2 Å². The smallest absolute Gasteiger partial charge is 0.325 e. The second kappa shape index (κ2) is 10.2. The number of ether oxygens (including phenoxy) is 2. The summed E-state index contributed by atoms with van der Waals surface area (Å²) in [5.41, 5.74) is 0.589. The molecule has 2 aromatic heterocycles. The van der Waals surface area contributed by atoms with E-state index in [1.807, 2.05) is 12.1 Å². The molecule has 2 aromatic carbocycles. The molecule has 0 aliphatic carbocycles. The van der Waals surface area contributed by atoms with Crippen LogP contribution in [0.1, 0.15) is 21.9 Å². The quantitative estimate of drug-likeness (QED) is 0.276. The first-order chi connectivity index (χ1) is 16.5. The van der Waals surface area contributed by atoms with E-state index in [2.05, 4.69) is 20.2 Å². The number of Topliss-reactive ketones (excluding diaryl/α,β-unsaturated/α-hetero) is 1. The molecule has 4 rings (SSSR count). The van der Waals surface area contributed by atoms with Crippen LogP contribution in [0.2, 0.25) is 0 Å². The number of nitrogens with one attached hydrogen (secondary N) is 2. The monoisotopic (exact) mass is 479 g/mol. The molecule has 4 aromatic rings. The topological polar surface area (TPSA) is 132 Å². The number of hydrogen-bond acceptors (Lipinski definition) is 8. The Morgan fingerprint density at radius 3 is 2.21 bits per heavy atom. The van der Waals surface area contributed by atoms with Crippen LogP contribution in [-0.4, -0.2) is 50.5 Å². The molecule has 0 atom stereocenters. The van der Waals surface area contributed by atoms with Gasteiger partial charge in [-0.15, -0.1) is 10.2 Å². The summed E-state index contributed by atoms with van der Waals surface area (Å²) in [6.45, 7) is 0. The highest BCUT2D eigenvalue weighted by atomic mass is 32.2. The number of thioether (sulfide) groups is 1. The van der Waals surface area contributed by atoms with Gasteiger partial charge in [0.2, 0.25) is 0 Å². The maximum Gasteiger partial charge on any atom is 0.325 e. The summed E-state index contributed by atoms with van der Waals surface area (Å²) >= 11 is 1.24. The average molecular weight is 480 g/mol. The zero-order chi connectivity index (χ0) is 24.1. The van der Waals surface area contributed by atoms with Gasteiger partial charge in [0.15, 0.2) is 10.9 Å². The van der Waals surface area contributed by atoms with E-state index in [0.717, 1.165) is 5.69 Å². The van der Waals surface area contributed by atoms with Crippen molar-refractivity contribution in [3.63, 3.8) is 0 Å². The van der Waals surface area contributed by atoms with Gasteiger partial charge in [0.1, 0.15) is 17.3 Å². The van der Waals surface area contributed by atoms with E-state index >= 15 is 0 Å². The number of aromatic nitrogens is 5. The maximum atomic E-state index is 12.7. The predicted molar refractivity (Wildman–Crippen MR) is 126 cm³/mol. The first kappa shape index (κ1) is 23.1. The van der Waals surface area contributed by atoms with Crippen molar-refractivity contribution in [3.05, 3.63) is 92.5 Å². The highest BCUT2D eigenvalue weighted by molar-refractivity contribution is 7.99. The summed E-state index contributed by atoms with van der Waals surface area (Å²) in [7, 11) is 3.14. The Morgan fingerprint density at radius 1 is 0.941 bits per heavy atom. The summed E-state index contributed by atoms with van der Waals surface area (Å²) in [5, 5.41) is 9.02. The van der Waals surface area contributed by atoms with Crippen molar-refractivity contribution in [2.75, 3.05) is 20.0 Å². The molecule has 0 aliphatic rings. The minimum Gasteiger partial charge on any atom is -0.497 e. The van der Waals surface area contributed by atoms with E-state index < -0.39 is 11.2 Å². The lowest BCUT2D eigenvalue weighted by Crippen LogP contribution is -2.23. The summed E-state index contributed by atoms with van der Waals surface area (Å²) in [6, 6.07) is 15.5. The fraction of sp³-hybridized carbons (Fsp3) is 0.174. The number of benzene rings is 2. The molecule has 0 saturated carbocycles. The van der Waals surface area contributed by atoms with E-state index in [1.54, 1.807) is 55.2 Å². The molecule has 0 radical (unpaired) electrons. The Bertz CT molecular complexity index is 1380. The Labute approximate surface area is 198 Å². The highest BCUT2D eigenvalue weighted by Crippen LogP contribution is 2.25. The molecular weight excluding hydrogens is 458 g/mol. The molecule has 0 amide bonds. The SMILES string of the molecule is COc1ccc(C(=O)CSc2nnc(Cc3cc(=O)[nH]c(=O)[nH]3)n2-c2ccc(OC)cc2)cc1. The van der Waals surface area contributed by atoms with Gasteiger partial charge in [0, 0.05) is 29.4 Å². The predicted octanol–water partition coefficient (Wildman–Crippen LogP) is 2.23. The minimum atomic E-state index is -0.599.